The summed E-state index contributed by atoms with van der Waals surface area (Å²) in [5, 5.41) is 5.13. The molecule has 0 radical (unpaired) electrons. The van der Waals surface area contributed by atoms with Crippen molar-refractivity contribution in [1.82, 2.24) is 0 Å². The lowest BCUT2D eigenvalue weighted by atomic mass is 10.2. The van der Waals surface area contributed by atoms with Gasteiger partial charge in [0.05, 0.1) is 13.3 Å². The fraction of sp³-hybridized carbons (Fsp3) is 0.136. The summed E-state index contributed by atoms with van der Waals surface area (Å²) in [4.78, 5) is 5.34. The molecule has 0 saturated carbocycles. The van der Waals surface area contributed by atoms with Crippen LogP contribution in [0.2, 0.25) is 10.0 Å². The van der Waals surface area contributed by atoms with Crippen LogP contribution in [0.5, 0.6) is 11.5 Å². The number of halogens is 2. The van der Waals surface area contributed by atoms with Gasteiger partial charge in [-0.2, -0.15) is 0 Å². The van der Waals surface area contributed by atoms with Gasteiger partial charge in [0.25, 0.3) is 0 Å². The molecule has 144 valence electrons. The van der Waals surface area contributed by atoms with Crippen molar-refractivity contribution in [3.05, 3.63) is 93.5 Å². The van der Waals surface area contributed by atoms with Crippen molar-refractivity contribution >= 4 is 29.4 Å². The van der Waals surface area contributed by atoms with Crippen LogP contribution >= 0.6 is 23.2 Å². The van der Waals surface area contributed by atoms with Crippen LogP contribution in [0.4, 0.5) is 0 Å². The van der Waals surface area contributed by atoms with E-state index >= 15 is 0 Å². The zero-order valence-corrected chi connectivity index (χ0v) is 16.8. The molecule has 0 atom stereocenters. The van der Waals surface area contributed by atoms with Crippen LogP contribution in [0, 0.1) is 0 Å². The summed E-state index contributed by atoms with van der Waals surface area (Å²) in [7, 11) is 1.61. The Morgan fingerprint density at radius 1 is 0.893 bits per heavy atom. The monoisotopic (exact) mass is 415 g/mol. The van der Waals surface area contributed by atoms with Gasteiger partial charge in [-0.3, -0.25) is 0 Å². The smallest absolute Gasteiger partial charge is 0.162 e. The Hall–Kier alpha value is -2.69. The fourth-order valence-electron chi connectivity index (χ4n) is 2.47. The molecule has 0 aliphatic carbocycles. The highest BCUT2D eigenvalue weighted by Crippen LogP contribution is 2.28. The molecule has 0 unspecified atom stereocenters. The first-order valence-electron chi connectivity index (χ1n) is 8.60. The predicted octanol–water partition coefficient (Wildman–Crippen LogP) is 6.13. The molecule has 3 aromatic carbocycles. The topological polar surface area (TPSA) is 40.0 Å². The Balaban J connectivity index is 1.62. The first-order valence-corrected chi connectivity index (χ1v) is 9.35. The quantitative estimate of drug-likeness (QED) is 0.328. The van der Waals surface area contributed by atoms with Gasteiger partial charge < -0.3 is 14.3 Å². The summed E-state index contributed by atoms with van der Waals surface area (Å²) in [6, 6.07) is 20.7. The molecular weight excluding hydrogens is 397 g/mol. The van der Waals surface area contributed by atoms with Gasteiger partial charge in [0.1, 0.15) is 13.2 Å². The summed E-state index contributed by atoms with van der Waals surface area (Å²) in [6.07, 6.45) is 1.61. The molecule has 0 amide bonds. The number of hydrogen-bond donors (Lipinski definition) is 0. The molecule has 0 bridgehead atoms. The molecule has 6 heteroatoms. The number of oxime groups is 1. The van der Waals surface area contributed by atoms with Crippen molar-refractivity contribution in [1.29, 1.82) is 0 Å². The van der Waals surface area contributed by atoms with Crippen molar-refractivity contribution < 1.29 is 14.3 Å². The van der Waals surface area contributed by atoms with Gasteiger partial charge in [-0.15, -0.1) is 0 Å². The largest absolute Gasteiger partial charge is 0.493 e. The maximum absolute atomic E-state index is 6.12. The summed E-state index contributed by atoms with van der Waals surface area (Å²) in [6.45, 7) is 0.698. The molecule has 0 heterocycles. The number of benzene rings is 3. The molecule has 3 rings (SSSR count). The summed E-state index contributed by atoms with van der Waals surface area (Å²) in [5.41, 5.74) is 2.71. The molecule has 4 nitrogen and oxygen atoms in total. The van der Waals surface area contributed by atoms with E-state index in [1.165, 1.54) is 0 Å². The molecule has 3 aromatic rings. The zero-order valence-electron chi connectivity index (χ0n) is 15.3. The van der Waals surface area contributed by atoms with E-state index in [0.29, 0.717) is 28.2 Å². The lowest BCUT2D eigenvalue weighted by Gasteiger charge is -2.11. The highest BCUT2D eigenvalue weighted by molar-refractivity contribution is 6.35. The van der Waals surface area contributed by atoms with Crippen molar-refractivity contribution in [2.75, 3.05) is 7.11 Å². The second kappa shape index (κ2) is 10.0. The molecule has 28 heavy (non-hydrogen) atoms. The lowest BCUT2D eigenvalue weighted by Crippen LogP contribution is -1.98. The molecule has 0 spiro atoms. The second-order valence-electron chi connectivity index (χ2n) is 5.93. The Labute approximate surface area is 174 Å². The summed E-state index contributed by atoms with van der Waals surface area (Å²) < 4.78 is 11.3. The molecule has 0 aromatic heterocycles. The molecule has 0 fully saturated rings. The Morgan fingerprint density at radius 2 is 1.71 bits per heavy atom. The van der Waals surface area contributed by atoms with E-state index in [0.717, 1.165) is 16.7 Å². The van der Waals surface area contributed by atoms with Gasteiger partial charge in [-0.1, -0.05) is 64.8 Å². The van der Waals surface area contributed by atoms with E-state index in [2.05, 4.69) is 5.16 Å². The van der Waals surface area contributed by atoms with E-state index in [1.54, 1.807) is 25.5 Å². The Bertz CT molecular complexity index is 946. The average molecular weight is 416 g/mol. The van der Waals surface area contributed by atoms with Crippen molar-refractivity contribution in [3.8, 4) is 11.5 Å². The highest BCUT2D eigenvalue weighted by Gasteiger charge is 2.06. The maximum atomic E-state index is 6.12. The van der Waals surface area contributed by atoms with Crippen molar-refractivity contribution in [2.24, 2.45) is 5.16 Å². The van der Waals surface area contributed by atoms with Crippen LogP contribution in [0.1, 0.15) is 16.7 Å². The lowest BCUT2D eigenvalue weighted by molar-refractivity contribution is 0.132. The van der Waals surface area contributed by atoms with Crippen LogP contribution in [0.25, 0.3) is 0 Å². The minimum absolute atomic E-state index is 0.250. The number of ether oxygens (including phenoxy) is 2. The van der Waals surface area contributed by atoms with Gasteiger partial charge in [0.2, 0.25) is 0 Å². The van der Waals surface area contributed by atoms with Crippen LogP contribution < -0.4 is 9.47 Å². The Kier molecular flexibility index (Phi) is 7.18. The highest BCUT2D eigenvalue weighted by atomic mass is 35.5. The van der Waals surface area contributed by atoms with E-state index < -0.39 is 0 Å². The second-order valence-corrected chi connectivity index (χ2v) is 6.77. The molecule has 0 saturated heterocycles. The first kappa shape index (κ1) is 20.1. The minimum Gasteiger partial charge on any atom is -0.493 e. The SMILES string of the molecule is COc1ccc(/C=N/OCc2ccc(Cl)cc2Cl)cc1OCc1ccccc1. The van der Waals surface area contributed by atoms with Gasteiger partial charge >= 0.3 is 0 Å². The summed E-state index contributed by atoms with van der Waals surface area (Å²) in [5.74, 6) is 1.29. The van der Waals surface area contributed by atoms with Crippen LogP contribution in [-0.2, 0) is 18.1 Å². The van der Waals surface area contributed by atoms with E-state index in [-0.39, 0.29) is 6.61 Å². The standard InChI is InChI=1S/C22H19Cl2NO3/c1-26-21-10-7-17(11-22(21)27-14-16-5-3-2-4-6-16)13-25-28-15-18-8-9-19(23)12-20(18)24/h2-13H,14-15H2,1H3/b25-13+. The number of methoxy groups -OCH3 is 1. The van der Waals surface area contributed by atoms with Gasteiger partial charge in [0, 0.05) is 21.2 Å². The average Bonchev–Trinajstić information content (AvgIpc) is 2.72. The van der Waals surface area contributed by atoms with Crippen molar-refractivity contribution in [3.63, 3.8) is 0 Å². The van der Waals surface area contributed by atoms with Crippen LogP contribution in [0.15, 0.2) is 71.9 Å². The maximum Gasteiger partial charge on any atom is 0.162 e. The third-order valence-electron chi connectivity index (χ3n) is 3.94. The third-order valence-corrected chi connectivity index (χ3v) is 4.52. The Morgan fingerprint density at radius 3 is 2.46 bits per heavy atom. The number of nitrogens with zero attached hydrogens (tertiary/aromatic N) is 1. The molecule has 0 aliphatic heterocycles. The zero-order chi connectivity index (χ0) is 19.8. The molecule has 0 N–H and O–H groups in total. The molecular formula is C22H19Cl2NO3. The van der Waals surface area contributed by atoms with E-state index in [9.17, 15) is 0 Å². The van der Waals surface area contributed by atoms with Crippen molar-refractivity contribution in [2.45, 2.75) is 13.2 Å². The fourth-order valence-corrected chi connectivity index (χ4v) is 2.93. The van der Waals surface area contributed by atoms with E-state index in [1.807, 2.05) is 54.6 Å². The summed E-state index contributed by atoms with van der Waals surface area (Å²) >= 11 is 12.0. The van der Waals surface area contributed by atoms with Crippen LogP contribution in [-0.4, -0.2) is 13.3 Å². The third kappa shape index (κ3) is 5.65. The molecule has 0 aliphatic rings. The number of hydrogen-bond acceptors (Lipinski definition) is 4. The van der Waals surface area contributed by atoms with Gasteiger partial charge in [-0.25, -0.2) is 0 Å². The van der Waals surface area contributed by atoms with E-state index in [4.69, 9.17) is 37.5 Å². The normalized spacial score (nSPS) is 10.8. The van der Waals surface area contributed by atoms with Crippen LogP contribution in [0.3, 0.4) is 0 Å². The minimum atomic E-state index is 0.250. The first-order chi connectivity index (χ1) is 13.7. The predicted molar refractivity (Wildman–Crippen MR) is 113 cm³/mol. The number of rotatable bonds is 8. The van der Waals surface area contributed by atoms with Gasteiger partial charge in [-0.05, 0) is 35.9 Å². The van der Waals surface area contributed by atoms with Gasteiger partial charge in [0.15, 0.2) is 11.5 Å².